The molecule has 3 rings (SSSR count). The summed E-state index contributed by atoms with van der Waals surface area (Å²) in [6, 6.07) is 0. The van der Waals surface area contributed by atoms with Gasteiger partial charge < -0.3 is 23.7 Å². The van der Waals surface area contributed by atoms with Crippen molar-refractivity contribution in [3.05, 3.63) is 11.1 Å². The Morgan fingerprint density at radius 2 is 1.94 bits per heavy atom. The second-order valence-electron chi connectivity index (χ2n) is 11.1. The van der Waals surface area contributed by atoms with Gasteiger partial charge in [-0.2, -0.15) is 0 Å². The number of halogens is 1. The third-order valence-electron chi connectivity index (χ3n) is 6.93. The van der Waals surface area contributed by atoms with E-state index in [1.54, 1.807) is 0 Å². The topological polar surface area (TPSA) is 46.2 Å². The lowest BCUT2D eigenvalue weighted by atomic mass is 9.90. The molecular formula is C26H47ClO5P2. The minimum absolute atomic E-state index is 0.0328. The van der Waals surface area contributed by atoms with Gasteiger partial charge in [-0.05, 0) is 85.5 Å². The van der Waals surface area contributed by atoms with Crippen LogP contribution in [0.1, 0.15) is 65.2 Å². The molecule has 5 atom stereocenters. The van der Waals surface area contributed by atoms with Crippen LogP contribution in [0.2, 0.25) is 0 Å². The number of hydrogen-bond donors (Lipinski definition) is 0. The van der Waals surface area contributed by atoms with Gasteiger partial charge in [0, 0.05) is 24.0 Å². The molecule has 1 unspecified atom stereocenters. The maximum Gasteiger partial charge on any atom is 0.157 e. The van der Waals surface area contributed by atoms with E-state index >= 15 is 0 Å². The SMILES string of the molecule is CP(C)C(O[C@H]1C[C@@H](CC/C(Cl)=C/CCOC2CCCCO2)O[C@H]1[C@H]1COC(C)(C)C1)P(C)C. The average Bonchev–Trinajstić information content (AvgIpc) is 3.36. The molecule has 3 aliphatic rings. The van der Waals surface area contributed by atoms with Gasteiger partial charge in [0.25, 0.3) is 0 Å². The van der Waals surface area contributed by atoms with Gasteiger partial charge in [0.2, 0.25) is 0 Å². The molecule has 0 aromatic heterocycles. The highest BCUT2D eigenvalue weighted by molar-refractivity contribution is 7.74. The molecule has 0 radical (unpaired) electrons. The van der Waals surface area contributed by atoms with Gasteiger partial charge >= 0.3 is 0 Å². The van der Waals surface area contributed by atoms with Crippen LogP contribution in [0.3, 0.4) is 0 Å². The van der Waals surface area contributed by atoms with Gasteiger partial charge in [0.05, 0.1) is 42.7 Å². The first-order valence-electron chi connectivity index (χ1n) is 13.0. The molecule has 0 bridgehead atoms. The largest absolute Gasteiger partial charge is 0.375 e. The third kappa shape index (κ3) is 9.21. The van der Waals surface area contributed by atoms with Crippen LogP contribution in [0, 0.1) is 5.92 Å². The van der Waals surface area contributed by atoms with Crippen LogP contribution >= 0.6 is 27.4 Å². The Morgan fingerprint density at radius 3 is 2.56 bits per heavy atom. The second-order valence-corrected chi connectivity index (χ2v) is 16.8. The summed E-state index contributed by atoms with van der Waals surface area (Å²) in [4.78, 5) is 0. The van der Waals surface area contributed by atoms with Crippen LogP contribution in [-0.2, 0) is 23.7 Å². The fourth-order valence-corrected chi connectivity index (χ4v) is 10.0. The highest BCUT2D eigenvalue weighted by Gasteiger charge is 2.46. The lowest BCUT2D eigenvalue weighted by Gasteiger charge is -2.32. The number of ether oxygens (including phenoxy) is 5. The Kier molecular flexibility index (Phi) is 12.1. The van der Waals surface area contributed by atoms with Crippen molar-refractivity contribution in [2.75, 3.05) is 46.5 Å². The standard InChI is InChI=1S/C26H47ClO5P2/c1-26(2)17-19(18-30-26)24-22(32-25(33(3)4)34(5)6)16-21(31-24)13-12-20(27)10-9-15-29-23-11-7-8-14-28-23/h10,19,21-25H,7-9,11-18H2,1-6H3/b20-10-/t19-,21-,22+,23?,24+/m1/s1. The lowest BCUT2D eigenvalue weighted by Crippen LogP contribution is -2.35. The fourth-order valence-electron chi connectivity index (χ4n) is 5.31. The van der Waals surface area contributed by atoms with E-state index < -0.39 is 0 Å². The van der Waals surface area contributed by atoms with Gasteiger partial charge in [-0.3, -0.25) is 0 Å². The Balaban J connectivity index is 1.49. The quantitative estimate of drug-likeness (QED) is 0.199. The van der Waals surface area contributed by atoms with Crippen LogP contribution in [0.15, 0.2) is 11.1 Å². The molecule has 0 aliphatic carbocycles. The average molecular weight is 537 g/mol. The van der Waals surface area contributed by atoms with E-state index in [9.17, 15) is 0 Å². The molecule has 8 heteroatoms. The van der Waals surface area contributed by atoms with Crippen LogP contribution in [-0.4, -0.2) is 82.3 Å². The molecule has 0 amide bonds. The molecule has 34 heavy (non-hydrogen) atoms. The van der Waals surface area contributed by atoms with Crippen molar-refractivity contribution in [3.8, 4) is 0 Å². The van der Waals surface area contributed by atoms with E-state index in [1.165, 1.54) is 6.42 Å². The molecule has 0 aromatic rings. The summed E-state index contributed by atoms with van der Waals surface area (Å²) < 4.78 is 31.0. The lowest BCUT2D eigenvalue weighted by molar-refractivity contribution is -0.161. The second kappa shape index (κ2) is 14.0. The van der Waals surface area contributed by atoms with Crippen molar-refractivity contribution in [1.29, 1.82) is 0 Å². The van der Waals surface area contributed by atoms with Crippen molar-refractivity contribution in [2.24, 2.45) is 5.92 Å². The van der Waals surface area contributed by atoms with Crippen molar-refractivity contribution in [3.63, 3.8) is 0 Å². The van der Waals surface area contributed by atoms with E-state index in [0.29, 0.717) is 18.1 Å². The molecular weight excluding hydrogens is 490 g/mol. The zero-order valence-electron chi connectivity index (χ0n) is 22.1. The first kappa shape index (κ1) is 29.2. The molecule has 3 heterocycles. The van der Waals surface area contributed by atoms with Gasteiger partial charge in [-0.25, -0.2) is 0 Å². The summed E-state index contributed by atoms with van der Waals surface area (Å²) in [5.74, 6) is 0.399. The smallest absolute Gasteiger partial charge is 0.157 e. The molecule has 0 N–H and O–H groups in total. The number of rotatable bonds is 12. The molecule has 3 saturated heterocycles. The highest BCUT2D eigenvalue weighted by Crippen LogP contribution is 2.53. The molecule has 5 nitrogen and oxygen atoms in total. The molecule has 0 aromatic carbocycles. The Hall–Kier alpha value is 0.690. The zero-order chi connectivity index (χ0) is 24.7. The van der Waals surface area contributed by atoms with Gasteiger partial charge in [-0.15, -0.1) is 0 Å². The van der Waals surface area contributed by atoms with Gasteiger partial charge in [0.1, 0.15) is 0 Å². The zero-order valence-corrected chi connectivity index (χ0v) is 24.7. The van der Waals surface area contributed by atoms with Crippen molar-refractivity contribution in [1.82, 2.24) is 0 Å². The van der Waals surface area contributed by atoms with E-state index in [4.69, 9.17) is 35.3 Å². The van der Waals surface area contributed by atoms with E-state index in [0.717, 1.165) is 63.2 Å². The summed E-state index contributed by atoms with van der Waals surface area (Å²) in [5.41, 5.74) is 0.295. The molecule has 3 fully saturated rings. The van der Waals surface area contributed by atoms with E-state index in [-0.39, 0.29) is 46.0 Å². The Labute approximate surface area is 215 Å². The number of allylic oxidation sites excluding steroid dienone is 1. The maximum atomic E-state index is 6.80. The van der Waals surface area contributed by atoms with Crippen molar-refractivity contribution < 1.29 is 23.7 Å². The molecule has 0 saturated carbocycles. The first-order chi connectivity index (χ1) is 16.1. The van der Waals surface area contributed by atoms with E-state index in [1.807, 2.05) is 0 Å². The summed E-state index contributed by atoms with van der Waals surface area (Å²) >= 11 is 6.56. The summed E-state index contributed by atoms with van der Waals surface area (Å²) in [5, 5.41) is 0.900. The van der Waals surface area contributed by atoms with Crippen molar-refractivity contribution in [2.45, 2.75) is 101 Å². The van der Waals surface area contributed by atoms with Crippen LogP contribution in [0.4, 0.5) is 0 Å². The summed E-state index contributed by atoms with van der Waals surface area (Å²) in [6.45, 7) is 15.9. The molecule has 3 aliphatic heterocycles. The predicted molar refractivity (Wildman–Crippen MR) is 145 cm³/mol. The molecule has 198 valence electrons. The van der Waals surface area contributed by atoms with Crippen molar-refractivity contribution >= 4 is 27.4 Å². The normalized spacial score (nSPS) is 32.4. The molecule has 0 spiro atoms. The fraction of sp³-hybridized carbons (Fsp3) is 0.923. The van der Waals surface area contributed by atoms with Crippen LogP contribution in [0.5, 0.6) is 0 Å². The van der Waals surface area contributed by atoms with Crippen LogP contribution in [0.25, 0.3) is 0 Å². The predicted octanol–water partition coefficient (Wildman–Crippen LogP) is 6.95. The Bertz CT molecular complexity index is 631. The first-order valence-corrected chi connectivity index (χ1v) is 18.0. The highest BCUT2D eigenvalue weighted by atomic mass is 35.5. The van der Waals surface area contributed by atoms with E-state index in [2.05, 4.69) is 46.6 Å². The summed E-state index contributed by atoms with van der Waals surface area (Å²) in [7, 11) is -0.294. The maximum absolute atomic E-state index is 6.80. The number of hydrogen-bond acceptors (Lipinski definition) is 5. The third-order valence-corrected chi connectivity index (χ3v) is 12.1. The minimum Gasteiger partial charge on any atom is -0.375 e. The van der Waals surface area contributed by atoms with Crippen LogP contribution < -0.4 is 0 Å². The minimum atomic E-state index is -0.147. The summed E-state index contributed by atoms with van der Waals surface area (Å²) in [6.07, 6.45) is 10.4. The van der Waals surface area contributed by atoms with Gasteiger partial charge in [-0.1, -0.05) is 33.5 Å². The monoisotopic (exact) mass is 536 g/mol. The van der Waals surface area contributed by atoms with Gasteiger partial charge in [0.15, 0.2) is 6.29 Å². The Morgan fingerprint density at radius 1 is 1.18 bits per heavy atom.